The molecule has 1 heterocycles. The van der Waals surface area contributed by atoms with Crippen LogP contribution >= 0.6 is 11.6 Å². The van der Waals surface area contributed by atoms with Gasteiger partial charge in [0.25, 0.3) is 0 Å². The van der Waals surface area contributed by atoms with Crippen molar-refractivity contribution in [1.82, 2.24) is 5.32 Å². The molecule has 2 aromatic carbocycles. The Morgan fingerprint density at radius 2 is 2.12 bits per heavy atom. The Kier molecular flexibility index (Phi) is 4.26. The lowest BCUT2D eigenvalue weighted by molar-refractivity contribution is 0.131. The molecule has 1 N–H and O–H groups in total. The van der Waals surface area contributed by atoms with Gasteiger partial charge >= 0.3 is 0 Å². The molecule has 3 unspecified atom stereocenters. The minimum Gasteiger partial charge on any atom is -0.391 e. The van der Waals surface area contributed by atoms with E-state index >= 15 is 0 Å². The molecule has 130 valence electrons. The van der Waals surface area contributed by atoms with Crippen molar-refractivity contribution >= 4 is 17.8 Å². The number of nitrogens with one attached hydrogen (secondary N) is 1. The van der Waals surface area contributed by atoms with Crippen molar-refractivity contribution in [2.45, 2.75) is 18.9 Å². The molecule has 3 nitrogen and oxygen atoms in total. The summed E-state index contributed by atoms with van der Waals surface area (Å²) in [4.78, 5) is 5.40. The van der Waals surface area contributed by atoms with Gasteiger partial charge in [-0.05, 0) is 54.3 Å². The second-order valence-electron chi connectivity index (χ2n) is 6.92. The summed E-state index contributed by atoms with van der Waals surface area (Å²) in [5.74, 6) is 0.680. The quantitative estimate of drug-likeness (QED) is 0.645. The van der Waals surface area contributed by atoms with E-state index in [0.29, 0.717) is 18.4 Å². The molecule has 2 aromatic rings. The van der Waals surface area contributed by atoms with Gasteiger partial charge in [0.2, 0.25) is 0 Å². The molecule has 1 saturated heterocycles. The van der Waals surface area contributed by atoms with Crippen LogP contribution in [-0.2, 0) is 16.9 Å². The van der Waals surface area contributed by atoms with Crippen LogP contribution in [0.3, 0.4) is 0 Å². The minimum atomic E-state index is -0.245. The number of piperidine rings is 1. The van der Waals surface area contributed by atoms with Crippen LogP contribution < -0.4 is 5.32 Å². The SMILES string of the molecule is Cc1cc(C23CNCC2C3C=NOCc2ccc(F)cc2)ccc1Cl. The Bertz CT molecular complexity index is 808. The Hall–Kier alpha value is -1.91. The smallest absolute Gasteiger partial charge is 0.142 e. The zero-order valence-electron chi connectivity index (χ0n) is 14.0. The molecule has 0 spiro atoms. The predicted molar refractivity (Wildman–Crippen MR) is 97.4 cm³/mol. The van der Waals surface area contributed by atoms with Crippen molar-refractivity contribution in [3.8, 4) is 0 Å². The predicted octanol–water partition coefficient (Wildman–Crippen LogP) is 4.08. The fourth-order valence-corrected chi connectivity index (χ4v) is 4.14. The van der Waals surface area contributed by atoms with E-state index in [1.54, 1.807) is 12.1 Å². The van der Waals surface area contributed by atoms with E-state index in [1.165, 1.54) is 17.7 Å². The summed E-state index contributed by atoms with van der Waals surface area (Å²) >= 11 is 6.17. The fourth-order valence-electron chi connectivity index (χ4n) is 4.02. The highest BCUT2D eigenvalue weighted by Crippen LogP contribution is 2.61. The van der Waals surface area contributed by atoms with Crippen LogP contribution in [0.5, 0.6) is 0 Å². The summed E-state index contributed by atoms with van der Waals surface area (Å²) in [5, 5.41) is 8.45. The van der Waals surface area contributed by atoms with Crippen molar-refractivity contribution in [1.29, 1.82) is 0 Å². The van der Waals surface area contributed by atoms with Gasteiger partial charge in [-0.1, -0.05) is 41.0 Å². The standard InChI is InChI=1S/C20H20ClFN2O/c1-13-8-15(4-7-19(13)21)20-12-23-9-17(20)18(20)10-24-25-11-14-2-5-16(22)6-3-14/h2-8,10,17-18,23H,9,11-12H2,1H3. The molecule has 2 aliphatic rings. The van der Waals surface area contributed by atoms with E-state index in [9.17, 15) is 4.39 Å². The monoisotopic (exact) mass is 358 g/mol. The lowest BCUT2D eigenvalue weighted by atomic mass is 9.92. The number of hydrogen-bond donors (Lipinski definition) is 1. The summed E-state index contributed by atoms with van der Waals surface area (Å²) in [6.07, 6.45) is 1.93. The highest BCUT2D eigenvalue weighted by Gasteiger charge is 2.67. The summed E-state index contributed by atoms with van der Waals surface area (Å²) < 4.78 is 12.9. The van der Waals surface area contributed by atoms with E-state index in [4.69, 9.17) is 16.4 Å². The summed E-state index contributed by atoms with van der Waals surface area (Å²) in [6.45, 7) is 4.33. The van der Waals surface area contributed by atoms with Crippen molar-refractivity contribution in [3.63, 3.8) is 0 Å². The van der Waals surface area contributed by atoms with Crippen LogP contribution in [0.15, 0.2) is 47.6 Å². The van der Waals surface area contributed by atoms with Crippen LogP contribution in [0.2, 0.25) is 5.02 Å². The molecule has 3 atom stereocenters. The van der Waals surface area contributed by atoms with Crippen molar-refractivity contribution in [3.05, 3.63) is 70.0 Å². The summed E-state index contributed by atoms with van der Waals surface area (Å²) in [7, 11) is 0. The Labute approximate surface area is 151 Å². The lowest BCUT2D eigenvalue weighted by Crippen LogP contribution is -2.24. The zero-order valence-corrected chi connectivity index (χ0v) is 14.8. The molecule has 1 aliphatic carbocycles. The van der Waals surface area contributed by atoms with Crippen molar-refractivity contribution in [2.24, 2.45) is 17.0 Å². The number of oxime groups is 1. The highest BCUT2D eigenvalue weighted by molar-refractivity contribution is 6.31. The highest BCUT2D eigenvalue weighted by atomic mass is 35.5. The lowest BCUT2D eigenvalue weighted by Gasteiger charge is -2.15. The summed E-state index contributed by atoms with van der Waals surface area (Å²) in [5.41, 5.74) is 3.44. The van der Waals surface area contributed by atoms with E-state index < -0.39 is 0 Å². The Balaban J connectivity index is 1.42. The van der Waals surface area contributed by atoms with Gasteiger partial charge in [0.15, 0.2) is 0 Å². The Morgan fingerprint density at radius 3 is 2.88 bits per heavy atom. The molecular weight excluding hydrogens is 339 g/mol. The Morgan fingerprint density at radius 1 is 1.32 bits per heavy atom. The largest absolute Gasteiger partial charge is 0.391 e. The van der Waals surface area contributed by atoms with Crippen LogP contribution in [0, 0.1) is 24.6 Å². The molecule has 0 radical (unpaired) electrons. The number of nitrogens with zero attached hydrogens (tertiary/aromatic N) is 1. The van der Waals surface area contributed by atoms with E-state index in [2.05, 4.69) is 22.6 Å². The summed E-state index contributed by atoms with van der Waals surface area (Å²) in [6, 6.07) is 12.6. The normalized spacial score (nSPS) is 27.5. The van der Waals surface area contributed by atoms with E-state index in [0.717, 1.165) is 29.2 Å². The van der Waals surface area contributed by atoms with Gasteiger partial charge < -0.3 is 10.2 Å². The van der Waals surface area contributed by atoms with Gasteiger partial charge in [0.05, 0.1) is 0 Å². The molecule has 1 aliphatic heterocycles. The first-order chi connectivity index (χ1) is 12.1. The maximum absolute atomic E-state index is 12.9. The molecule has 25 heavy (non-hydrogen) atoms. The number of hydrogen-bond acceptors (Lipinski definition) is 3. The van der Waals surface area contributed by atoms with E-state index in [-0.39, 0.29) is 11.2 Å². The maximum Gasteiger partial charge on any atom is 0.142 e. The van der Waals surface area contributed by atoms with Gasteiger partial charge in [-0.25, -0.2) is 4.39 Å². The molecule has 2 fully saturated rings. The molecule has 5 heteroatoms. The van der Waals surface area contributed by atoms with Crippen LogP contribution in [0.4, 0.5) is 4.39 Å². The fraction of sp³-hybridized carbons (Fsp3) is 0.350. The first kappa shape index (κ1) is 16.6. The van der Waals surface area contributed by atoms with Gasteiger partial charge in [-0.2, -0.15) is 0 Å². The maximum atomic E-state index is 12.9. The first-order valence-corrected chi connectivity index (χ1v) is 8.86. The minimum absolute atomic E-state index is 0.109. The van der Waals surface area contributed by atoms with E-state index in [1.807, 2.05) is 19.2 Å². The third-order valence-electron chi connectivity index (χ3n) is 5.50. The van der Waals surface area contributed by atoms with Crippen LogP contribution in [0.1, 0.15) is 16.7 Å². The van der Waals surface area contributed by atoms with Gasteiger partial charge in [-0.15, -0.1) is 0 Å². The number of rotatable bonds is 5. The van der Waals surface area contributed by atoms with Crippen molar-refractivity contribution in [2.75, 3.05) is 13.1 Å². The van der Waals surface area contributed by atoms with Gasteiger partial charge in [0, 0.05) is 29.1 Å². The molecular formula is C20H20ClFN2O. The first-order valence-electron chi connectivity index (χ1n) is 8.48. The second kappa shape index (κ2) is 6.43. The van der Waals surface area contributed by atoms with Gasteiger partial charge in [-0.3, -0.25) is 0 Å². The third-order valence-corrected chi connectivity index (χ3v) is 5.92. The average Bonchev–Trinajstić information content (AvgIpc) is 2.99. The molecule has 4 rings (SSSR count). The number of benzene rings is 2. The molecule has 1 saturated carbocycles. The van der Waals surface area contributed by atoms with Crippen LogP contribution in [0.25, 0.3) is 0 Å². The number of fused-ring (bicyclic) bond motifs is 1. The topological polar surface area (TPSA) is 33.6 Å². The third kappa shape index (κ3) is 2.94. The van der Waals surface area contributed by atoms with Crippen molar-refractivity contribution < 1.29 is 9.23 Å². The molecule has 0 amide bonds. The average molecular weight is 359 g/mol. The van der Waals surface area contributed by atoms with Crippen LogP contribution in [-0.4, -0.2) is 19.3 Å². The second-order valence-corrected chi connectivity index (χ2v) is 7.33. The van der Waals surface area contributed by atoms with Gasteiger partial charge in [0.1, 0.15) is 12.4 Å². The number of aryl methyl sites for hydroxylation is 1. The molecule has 0 bridgehead atoms. The number of halogens is 2. The zero-order chi connectivity index (χ0) is 17.4. The molecule has 0 aromatic heterocycles.